The summed E-state index contributed by atoms with van der Waals surface area (Å²) in [7, 11) is 0. The summed E-state index contributed by atoms with van der Waals surface area (Å²) in [5.74, 6) is 0.0400. The number of urea groups is 1. The molecule has 7 heteroatoms. The van der Waals surface area contributed by atoms with Crippen LogP contribution >= 0.6 is 0 Å². The first-order valence-electron chi connectivity index (χ1n) is 5.85. The highest BCUT2D eigenvalue weighted by Crippen LogP contribution is 2.03. The van der Waals surface area contributed by atoms with Crippen molar-refractivity contribution in [3.63, 3.8) is 0 Å². The molecule has 2 N–H and O–H groups in total. The van der Waals surface area contributed by atoms with Crippen LogP contribution in [0.3, 0.4) is 0 Å². The Kier molecular flexibility index (Phi) is 5.59. The van der Waals surface area contributed by atoms with Gasteiger partial charge in [0.25, 0.3) is 0 Å². The lowest BCUT2D eigenvalue weighted by molar-refractivity contribution is -0.137. The summed E-state index contributed by atoms with van der Waals surface area (Å²) >= 11 is 0. The van der Waals surface area contributed by atoms with Gasteiger partial charge in [-0.1, -0.05) is 13.0 Å². The topological polar surface area (TPSA) is 95.7 Å². The van der Waals surface area contributed by atoms with Gasteiger partial charge in [-0.2, -0.15) is 0 Å². The molecule has 1 rings (SSSR count). The molecule has 1 aromatic heterocycles. The number of hydrogen-bond donors (Lipinski definition) is 2. The van der Waals surface area contributed by atoms with E-state index in [9.17, 15) is 9.59 Å². The Morgan fingerprint density at radius 3 is 2.89 bits per heavy atom. The molecule has 7 nitrogen and oxygen atoms in total. The molecular formula is C12H17N3O4. The van der Waals surface area contributed by atoms with Gasteiger partial charge < -0.3 is 19.7 Å². The zero-order valence-electron chi connectivity index (χ0n) is 10.8. The number of oxazole rings is 1. The lowest BCUT2D eigenvalue weighted by atomic mass is 10.4. The Balaban J connectivity index is 2.51. The second kappa shape index (κ2) is 7.20. The minimum Gasteiger partial charge on any atom is -0.480 e. The maximum Gasteiger partial charge on any atom is 0.323 e. The van der Waals surface area contributed by atoms with Crippen LogP contribution in [0.25, 0.3) is 0 Å². The molecule has 0 aromatic carbocycles. The number of amides is 2. The summed E-state index contributed by atoms with van der Waals surface area (Å²) in [6, 6.07) is -0.501. The van der Waals surface area contributed by atoms with Crippen LogP contribution < -0.4 is 5.32 Å². The van der Waals surface area contributed by atoms with E-state index < -0.39 is 12.0 Å². The third-order valence-corrected chi connectivity index (χ3v) is 2.30. The highest BCUT2D eigenvalue weighted by molar-refractivity contribution is 5.80. The van der Waals surface area contributed by atoms with Crippen LogP contribution in [-0.4, -0.2) is 40.1 Å². The molecule has 0 atom stereocenters. The van der Waals surface area contributed by atoms with Gasteiger partial charge in [-0.3, -0.25) is 4.79 Å². The monoisotopic (exact) mass is 267 g/mol. The second-order valence-electron chi connectivity index (χ2n) is 3.80. The molecule has 0 saturated carbocycles. The molecular weight excluding hydrogens is 250 g/mol. The fourth-order valence-corrected chi connectivity index (χ4v) is 1.39. The summed E-state index contributed by atoms with van der Waals surface area (Å²) < 4.78 is 5.32. The maximum atomic E-state index is 11.8. The molecule has 1 heterocycles. The molecule has 0 saturated heterocycles. The molecule has 0 unspecified atom stereocenters. The van der Waals surface area contributed by atoms with E-state index in [1.807, 2.05) is 6.92 Å². The van der Waals surface area contributed by atoms with Crippen molar-refractivity contribution in [2.45, 2.75) is 19.9 Å². The summed E-state index contributed by atoms with van der Waals surface area (Å²) in [6.07, 6.45) is 3.78. The van der Waals surface area contributed by atoms with Crippen molar-refractivity contribution in [1.82, 2.24) is 15.2 Å². The van der Waals surface area contributed by atoms with Crippen molar-refractivity contribution in [2.24, 2.45) is 0 Å². The van der Waals surface area contributed by atoms with E-state index in [4.69, 9.17) is 9.52 Å². The number of nitrogens with one attached hydrogen (secondary N) is 1. The number of carboxylic acid groups (broad SMARTS) is 1. The first-order chi connectivity index (χ1) is 9.06. The van der Waals surface area contributed by atoms with Crippen molar-refractivity contribution < 1.29 is 19.1 Å². The average molecular weight is 267 g/mol. The number of carbonyl (C=O) groups is 2. The van der Waals surface area contributed by atoms with Gasteiger partial charge in [0.2, 0.25) is 5.89 Å². The summed E-state index contributed by atoms with van der Waals surface area (Å²) in [6.45, 7) is 5.30. The van der Waals surface area contributed by atoms with E-state index in [1.165, 1.54) is 6.08 Å². The highest BCUT2D eigenvalue weighted by Gasteiger charge is 2.15. The predicted octanol–water partition coefficient (Wildman–Crippen LogP) is 1.02. The fourth-order valence-electron chi connectivity index (χ4n) is 1.39. The largest absolute Gasteiger partial charge is 0.480 e. The molecule has 0 bridgehead atoms. The first-order valence-corrected chi connectivity index (χ1v) is 5.85. The van der Waals surface area contributed by atoms with Gasteiger partial charge in [0.05, 0.1) is 12.7 Å². The molecule has 0 aliphatic rings. The number of aromatic nitrogens is 1. The van der Waals surface area contributed by atoms with Crippen LogP contribution in [0.2, 0.25) is 0 Å². The van der Waals surface area contributed by atoms with Crippen molar-refractivity contribution in [1.29, 1.82) is 0 Å². The first kappa shape index (κ1) is 14.7. The third kappa shape index (κ3) is 4.82. The van der Waals surface area contributed by atoms with Gasteiger partial charge in [-0.15, -0.1) is 6.58 Å². The Morgan fingerprint density at radius 1 is 1.63 bits per heavy atom. The zero-order valence-corrected chi connectivity index (χ0v) is 10.8. The van der Waals surface area contributed by atoms with Crippen LogP contribution in [-0.2, 0) is 17.8 Å². The fraction of sp³-hybridized carbons (Fsp3) is 0.417. The van der Waals surface area contributed by atoms with E-state index in [0.29, 0.717) is 5.89 Å². The van der Waals surface area contributed by atoms with Crippen molar-refractivity contribution in [3.05, 3.63) is 30.5 Å². The summed E-state index contributed by atoms with van der Waals surface area (Å²) in [5.41, 5.74) is 0. The van der Waals surface area contributed by atoms with Crippen LogP contribution in [0.4, 0.5) is 4.79 Å². The number of nitrogens with zero attached hydrogens (tertiary/aromatic N) is 2. The van der Waals surface area contributed by atoms with E-state index in [0.717, 1.165) is 17.1 Å². The molecule has 0 aliphatic carbocycles. The zero-order chi connectivity index (χ0) is 14.3. The number of carbonyl (C=O) groups excluding carboxylic acids is 1. The van der Waals surface area contributed by atoms with E-state index in [2.05, 4.69) is 16.9 Å². The Labute approximate surface area is 110 Å². The minimum atomic E-state index is -1.08. The quantitative estimate of drug-likeness (QED) is 0.719. The highest BCUT2D eigenvalue weighted by atomic mass is 16.4. The van der Waals surface area contributed by atoms with Crippen molar-refractivity contribution in [2.75, 3.05) is 13.1 Å². The van der Waals surface area contributed by atoms with E-state index >= 15 is 0 Å². The minimum absolute atomic E-state index is 0.117. The van der Waals surface area contributed by atoms with Gasteiger partial charge in [0.15, 0.2) is 0 Å². The maximum absolute atomic E-state index is 11.8. The predicted molar refractivity (Wildman–Crippen MR) is 67.5 cm³/mol. The molecule has 104 valence electrons. The molecule has 0 fully saturated rings. The number of aliphatic carboxylic acids is 1. The third-order valence-electron chi connectivity index (χ3n) is 2.30. The molecule has 19 heavy (non-hydrogen) atoms. The van der Waals surface area contributed by atoms with Gasteiger partial charge in [0.1, 0.15) is 12.3 Å². The van der Waals surface area contributed by atoms with Crippen LogP contribution in [0.5, 0.6) is 0 Å². The average Bonchev–Trinajstić information content (AvgIpc) is 2.83. The normalized spacial score (nSPS) is 9.95. The van der Waals surface area contributed by atoms with Gasteiger partial charge in [-0.05, 0) is 0 Å². The van der Waals surface area contributed by atoms with E-state index in [-0.39, 0.29) is 19.6 Å². The molecule has 0 spiro atoms. The van der Waals surface area contributed by atoms with Crippen molar-refractivity contribution >= 4 is 12.0 Å². The number of aryl methyl sites for hydroxylation is 1. The lowest BCUT2D eigenvalue weighted by Crippen LogP contribution is -2.42. The number of rotatable bonds is 7. The smallest absolute Gasteiger partial charge is 0.323 e. The SMILES string of the molecule is C=CCN(CC(=O)O)C(=O)NCc1ncc(CC)o1. The Morgan fingerprint density at radius 2 is 2.37 bits per heavy atom. The van der Waals surface area contributed by atoms with Crippen LogP contribution in [0.15, 0.2) is 23.3 Å². The van der Waals surface area contributed by atoms with Gasteiger partial charge >= 0.3 is 12.0 Å². The Hall–Kier alpha value is -2.31. The number of carboxylic acids is 1. The molecule has 0 aliphatic heterocycles. The summed E-state index contributed by atoms with van der Waals surface area (Å²) in [4.78, 5) is 27.5. The standard InChI is InChI=1S/C12H17N3O4/c1-3-5-15(8-11(16)17)12(18)14-7-10-13-6-9(4-2)19-10/h3,6H,1,4-5,7-8H2,2H3,(H,14,18)(H,16,17). The molecule has 2 amide bonds. The van der Waals surface area contributed by atoms with Gasteiger partial charge in [-0.25, -0.2) is 9.78 Å². The Bertz CT molecular complexity index is 456. The van der Waals surface area contributed by atoms with Crippen molar-refractivity contribution in [3.8, 4) is 0 Å². The van der Waals surface area contributed by atoms with Gasteiger partial charge in [0, 0.05) is 13.0 Å². The molecule has 1 aromatic rings. The lowest BCUT2D eigenvalue weighted by Gasteiger charge is -2.18. The number of hydrogen-bond acceptors (Lipinski definition) is 4. The molecule has 0 radical (unpaired) electrons. The summed E-state index contributed by atoms with van der Waals surface area (Å²) in [5, 5.41) is 11.2. The van der Waals surface area contributed by atoms with Crippen LogP contribution in [0, 0.1) is 0 Å². The second-order valence-corrected chi connectivity index (χ2v) is 3.80. The van der Waals surface area contributed by atoms with E-state index in [1.54, 1.807) is 6.20 Å². The van der Waals surface area contributed by atoms with Crippen LogP contribution in [0.1, 0.15) is 18.6 Å².